The summed E-state index contributed by atoms with van der Waals surface area (Å²) in [5.41, 5.74) is 3.37. The Balaban J connectivity index is 1.74. The molecule has 3 rings (SSSR count). The van der Waals surface area contributed by atoms with Crippen molar-refractivity contribution in [2.45, 2.75) is 52.0 Å². The Kier molecular flexibility index (Phi) is 6.03. The summed E-state index contributed by atoms with van der Waals surface area (Å²) in [4.78, 5) is 12.8. The lowest BCUT2D eigenvalue weighted by Gasteiger charge is -2.28. The van der Waals surface area contributed by atoms with Crippen LogP contribution in [0.15, 0.2) is 48.5 Å². The number of carbonyl (C=O) groups is 1. The fourth-order valence-corrected chi connectivity index (χ4v) is 5.15. The molecule has 1 N–H and O–H groups in total. The minimum absolute atomic E-state index is 0.0836. The third kappa shape index (κ3) is 4.99. The second kappa shape index (κ2) is 8.19. The van der Waals surface area contributed by atoms with Crippen LogP contribution >= 0.6 is 0 Å². The fourth-order valence-electron chi connectivity index (χ4n) is 3.52. The van der Waals surface area contributed by atoms with Gasteiger partial charge in [0.05, 0.1) is 17.5 Å². The standard InChI is InChI=1S/C23H30N2O3S/c1-17(18-10-12-20(13-11-18)23(2,3)4)24-22(26)19-8-7-9-21(16-19)25-14-5-6-15-29(25,27)28/h7-13,16-17H,5-6,14-15H2,1-4H3,(H,24,26)/t17-/m0/s1. The van der Waals surface area contributed by atoms with Crippen molar-refractivity contribution < 1.29 is 13.2 Å². The molecule has 1 aliphatic rings. The van der Waals surface area contributed by atoms with Gasteiger partial charge in [-0.05, 0) is 54.5 Å². The number of hydrogen-bond donors (Lipinski definition) is 1. The van der Waals surface area contributed by atoms with Gasteiger partial charge in [0, 0.05) is 12.1 Å². The van der Waals surface area contributed by atoms with Gasteiger partial charge in [-0.3, -0.25) is 9.10 Å². The Hall–Kier alpha value is -2.34. The van der Waals surface area contributed by atoms with E-state index >= 15 is 0 Å². The maximum Gasteiger partial charge on any atom is 0.251 e. The lowest BCUT2D eigenvalue weighted by molar-refractivity contribution is 0.0940. The van der Waals surface area contributed by atoms with E-state index in [1.165, 1.54) is 9.87 Å². The molecule has 1 amide bonds. The molecule has 0 radical (unpaired) electrons. The van der Waals surface area contributed by atoms with Crippen LogP contribution in [0, 0.1) is 0 Å². The Morgan fingerprint density at radius 1 is 1.07 bits per heavy atom. The summed E-state index contributed by atoms with van der Waals surface area (Å²) in [6.07, 6.45) is 1.52. The van der Waals surface area contributed by atoms with E-state index in [0.717, 1.165) is 12.0 Å². The zero-order valence-corrected chi connectivity index (χ0v) is 18.4. The summed E-state index contributed by atoms with van der Waals surface area (Å²) < 4.78 is 26.1. The van der Waals surface area contributed by atoms with Crippen LogP contribution in [-0.2, 0) is 15.4 Å². The van der Waals surface area contributed by atoms with Crippen molar-refractivity contribution in [3.63, 3.8) is 0 Å². The largest absolute Gasteiger partial charge is 0.346 e. The van der Waals surface area contributed by atoms with E-state index < -0.39 is 10.0 Å². The smallest absolute Gasteiger partial charge is 0.251 e. The van der Waals surface area contributed by atoms with Crippen molar-refractivity contribution in [1.82, 2.24) is 5.32 Å². The molecule has 1 heterocycles. The highest BCUT2D eigenvalue weighted by molar-refractivity contribution is 7.92. The van der Waals surface area contributed by atoms with Crippen LogP contribution in [0.25, 0.3) is 0 Å². The molecular weight excluding hydrogens is 384 g/mol. The van der Waals surface area contributed by atoms with E-state index in [1.807, 2.05) is 19.1 Å². The molecule has 29 heavy (non-hydrogen) atoms. The molecule has 156 valence electrons. The van der Waals surface area contributed by atoms with Crippen LogP contribution in [-0.4, -0.2) is 26.6 Å². The average Bonchev–Trinajstić information content (AvgIpc) is 2.67. The third-order valence-corrected chi connectivity index (χ3v) is 7.24. The first kappa shape index (κ1) is 21.4. The highest BCUT2D eigenvalue weighted by atomic mass is 32.2. The van der Waals surface area contributed by atoms with Gasteiger partial charge in [-0.25, -0.2) is 8.42 Å². The number of anilines is 1. The average molecular weight is 415 g/mol. The predicted molar refractivity (Wildman–Crippen MR) is 118 cm³/mol. The Morgan fingerprint density at radius 3 is 2.38 bits per heavy atom. The van der Waals surface area contributed by atoms with Gasteiger partial charge in [0.1, 0.15) is 0 Å². The quantitative estimate of drug-likeness (QED) is 0.806. The first-order valence-electron chi connectivity index (χ1n) is 10.1. The van der Waals surface area contributed by atoms with E-state index in [9.17, 15) is 13.2 Å². The van der Waals surface area contributed by atoms with Gasteiger partial charge in [0.2, 0.25) is 10.0 Å². The molecule has 2 aromatic rings. The van der Waals surface area contributed by atoms with Gasteiger partial charge < -0.3 is 5.32 Å². The van der Waals surface area contributed by atoms with E-state index in [0.29, 0.717) is 24.2 Å². The second-order valence-corrected chi connectivity index (χ2v) is 10.7. The Labute approximate surface area is 174 Å². The predicted octanol–water partition coefficient (Wildman–Crippen LogP) is 4.41. The minimum Gasteiger partial charge on any atom is -0.346 e. The molecule has 0 spiro atoms. The van der Waals surface area contributed by atoms with Crippen LogP contribution < -0.4 is 9.62 Å². The van der Waals surface area contributed by atoms with Gasteiger partial charge in [-0.15, -0.1) is 0 Å². The number of nitrogens with zero attached hydrogens (tertiary/aromatic N) is 1. The number of sulfonamides is 1. The minimum atomic E-state index is -3.30. The summed E-state index contributed by atoms with van der Waals surface area (Å²) >= 11 is 0. The summed E-state index contributed by atoms with van der Waals surface area (Å²) in [6, 6.07) is 15.0. The van der Waals surface area contributed by atoms with E-state index in [-0.39, 0.29) is 23.1 Å². The maximum absolute atomic E-state index is 12.8. The number of carbonyl (C=O) groups excluding carboxylic acids is 1. The van der Waals surface area contributed by atoms with Crippen molar-refractivity contribution >= 4 is 21.6 Å². The number of hydrogen-bond acceptors (Lipinski definition) is 3. The molecule has 0 unspecified atom stereocenters. The summed E-state index contributed by atoms with van der Waals surface area (Å²) in [7, 11) is -3.30. The molecular formula is C23H30N2O3S. The Bertz CT molecular complexity index is 976. The molecule has 0 aromatic heterocycles. The molecule has 1 aliphatic heterocycles. The van der Waals surface area contributed by atoms with Crippen molar-refractivity contribution in [3.8, 4) is 0 Å². The van der Waals surface area contributed by atoms with Gasteiger partial charge in [0.15, 0.2) is 0 Å². The molecule has 1 saturated heterocycles. The van der Waals surface area contributed by atoms with Crippen LogP contribution in [0.5, 0.6) is 0 Å². The second-order valence-electron chi connectivity index (χ2n) is 8.71. The normalized spacial score (nSPS) is 17.6. The van der Waals surface area contributed by atoms with Crippen molar-refractivity contribution in [3.05, 3.63) is 65.2 Å². The van der Waals surface area contributed by atoms with E-state index in [2.05, 4.69) is 38.2 Å². The SMILES string of the molecule is C[C@H](NC(=O)c1cccc(N2CCCCS2(=O)=O)c1)c1ccc(C(C)(C)C)cc1. The molecule has 0 saturated carbocycles. The first-order chi connectivity index (χ1) is 13.6. The number of amides is 1. The molecule has 0 bridgehead atoms. The third-order valence-electron chi connectivity index (χ3n) is 5.37. The van der Waals surface area contributed by atoms with Crippen LogP contribution in [0.2, 0.25) is 0 Å². The van der Waals surface area contributed by atoms with Crippen LogP contribution in [0.3, 0.4) is 0 Å². The Morgan fingerprint density at radius 2 is 1.76 bits per heavy atom. The first-order valence-corrected chi connectivity index (χ1v) is 11.7. The summed E-state index contributed by atoms with van der Waals surface area (Å²) in [5, 5.41) is 3.01. The lowest BCUT2D eigenvalue weighted by atomic mass is 9.86. The number of benzene rings is 2. The zero-order valence-electron chi connectivity index (χ0n) is 17.6. The van der Waals surface area contributed by atoms with Gasteiger partial charge in [-0.1, -0.05) is 51.1 Å². The van der Waals surface area contributed by atoms with E-state index in [1.54, 1.807) is 24.3 Å². The summed E-state index contributed by atoms with van der Waals surface area (Å²) in [5.74, 6) is -0.0565. The summed E-state index contributed by atoms with van der Waals surface area (Å²) in [6.45, 7) is 8.92. The van der Waals surface area contributed by atoms with Crippen molar-refractivity contribution in [2.24, 2.45) is 0 Å². The molecule has 1 fully saturated rings. The van der Waals surface area contributed by atoms with Gasteiger partial charge in [-0.2, -0.15) is 0 Å². The number of rotatable bonds is 4. The lowest BCUT2D eigenvalue weighted by Crippen LogP contribution is -2.38. The van der Waals surface area contributed by atoms with Crippen molar-refractivity contribution in [2.75, 3.05) is 16.6 Å². The maximum atomic E-state index is 12.8. The molecule has 2 aromatic carbocycles. The fraction of sp³-hybridized carbons (Fsp3) is 0.435. The van der Waals surface area contributed by atoms with Crippen LogP contribution in [0.4, 0.5) is 5.69 Å². The van der Waals surface area contributed by atoms with Gasteiger partial charge >= 0.3 is 0 Å². The highest BCUT2D eigenvalue weighted by Crippen LogP contribution is 2.26. The number of nitrogens with one attached hydrogen (secondary N) is 1. The van der Waals surface area contributed by atoms with Gasteiger partial charge in [0.25, 0.3) is 5.91 Å². The highest BCUT2D eigenvalue weighted by Gasteiger charge is 2.26. The monoisotopic (exact) mass is 414 g/mol. The van der Waals surface area contributed by atoms with Crippen LogP contribution in [0.1, 0.15) is 68.1 Å². The molecule has 6 heteroatoms. The molecule has 1 atom stereocenters. The van der Waals surface area contributed by atoms with E-state index in [4.69, 9.17) is 0 Å². The topological polar surface area (TPSA) is 66.5 Å². The zero-order chi connectivity index (χ0) is 21.2. The van der Waals surface area contributed by atoms with Crippen molar-refractivity contribution in [1.29, 1.82) is 0 Å². The molecule has 0 aliphatic carbocycles. The molecule has 5 nitrogen and oxygen atoms in total.